The number of amides is 1. The van der Waals surface area contributed by atoms with Gasteiger partial charge in [-0.3, -0.25) is 4.79 Å². The lowest BCUT2D eigenvalue weighted by Crippen LogP contribution is -2.28. The Bertz CT molecular complexity index is 1440. The van der Waals surface area contributed by atoms with E-state index in [4.69, 9.17) is 4.74 Å². The van der Waals surface area contributed by atoms with Gasteiger partial charge in [-0.2, -0.15) is 13.2 Å². The van der Waals surface area contributed by atoms with Crippen LogP contribution in [0.2, 0.25) is 0 Å². The molecule has 0 radical (unpaired) electrons. The van der Waals surface area contributed by atoms with Crippen LogP contribution in [0, 0.1) is 12.7 Å². The van der Waals surface area contributed by atoms with Gasteiger partial charge >= 0.3 is 6.18 Å². The third-order valence-corrected chi connectivity index (χ3v) is 6.55. The van der Waals surface area contributed by atoms with Crippen LogP contribution in [0.4, 0.5) is 17.6 Å². The molecule has 0 saturated carbocycles. The molecule has 1 atom stereocenters. The van der Waals surface area contributed by atoms with Crippen molar-refractivity contribution >= 4 is 15.9 Å². The van der Waals surface area contributed by atoms with Crippen LogP contribution < -0.4 is 14.8 Å². The Kier molecular flexibility index (Phi) is 8.78. The Morgan fingerprint density at radius 3 is 2.32 bits per heavy atom. The highest BCUT2D eigenvalue weighted by Gasteiger charge is 2.33. The van der Waals surface area contributed by atoms with Gasteiger partial charge in [-0.25, -0.2) is 22.5 Å². The maximum Gasteiger partial charge on any atom is 0.433 e. The van der Waals surface area contributed by atoms with E-state index >= 15 is 0 Å². The molecule has 3 aromatic rings. The molecule has 0 aliphatic rings. The first-order chi connectivity index (χ1) is 17.7. The van der Waals surface area contributed by atoms with Gasteiger partial charge in [0.05, 0.1) is 25.0 Å². The fourth-order valence-electron chi connectivity index (χ4n) is 3.74. The molecule has 1 amide bonds. The molecule has 1 unspecified atom stereocenters. The van der Waals surface area contributed by atoms with Gasteiger partial charge in [0.1, 0.15) is 17.3 Å². The van der Waals surface area contributed by atoms with Gasteiger partial charge in [-0.05, 0) is 60.9 Å². The van der Waals surface area contributed by atoms with Crippen LogP contribution in [-0.4, -0.2) is 32.7 Å². The highest BCUT2D eigenvalue weighted by Crippen LogP contribution is 2.33. The van der Waals surface area contributed by atoms with Crippen molar-refractivity contribution < 1.29 is 35.5 Å². The first kappa shape index (κ1) is 29.1. The van der Waals surface area contributed by atoms with E-state index in [-0.39, 0.29) is 24.3 Å². The zero-order chi connectivity index (χ0) is 28.3. The third-order valence-electron chi connectivity index (χ3n) is 5.89. The van der Waals surface area contributed by atoms with Crippen LogP contribution in [0.15, 0.2) is 48.5 Å². The second kappa shape index (κ2) is 11.5. The van der Waals surface area contributed by atoms with E-state index in [0.717, 1.165) is 18.4 Å². The zero-order valence-electron chi connectivity index (χ0n) is 21.1. The smallest absolute Gasteiger partial charge is 0.433 e. The molecule has 38 heavy (non-hydrogen) atoms. The molecule has 2 N–H and O–H groups in total. The number of benzene rings is 2. The quantitative estimate of drug-likeness (QED) is 0.375. The number of carbonyl (C=O) groups excluding carboxylic acids is 1. The van der Waals surface area contributed by atoms with Crippen LogP contribution in [0.3, 0.4) is 0 Å². The Hall–Kier alpha value is -3.51. The molecule has 12 heteroatoms. The molecule has 0 bridgehead atoms. The predicted octanol–water partition coefficient (Wildman–Crippen LogP) is 4.69. The maximum absolute atomic E-state index is 14.5. The number of methoxy groups -OCH3 is 1. The van der Waals surface area contributed by atoms with E-state index < -0.39 is 39.5 Å². The molecule has 1 aromatic heterocycles. The van der Waals surface area contributed by atoms with Gasteiger partial charge in [-0.1, -0.05) is 18.2 Å². The van der Waals surface area contributed by atoms with Crippen LogP contribution in [-0.2, 0) is 34.1 Å². The number of nitrogens with zero attached hydrogens (tertiary/aromatic N) is 1. The number of halogens is 4. The highest BCUT2D eigenvalue weighted by molar-refractivity contribution is 7.88. The lowest BCUT2D eigenvalue weighted by molar-refractivity contribution is -0.141. The van der Waals surface area contributed by atoms with E-state index in [1.54, 1.807) is 32.0 Å². The number of hydrogen-bond donors (Lipinski definition) is 2. The van der Waals surface area contributed by atoms with Gasteiger partial charge < -0.3 is 10.1 Å². The van der Waals surface area contributed by atoms with Crippen LogP contribution in [0.25, 0.3) is 11.3 Å². The molecule has 0 saturated heterocycles. The largest absolute Gasteiger partial charge is 0.496 e. The van der Waals surface area contributed by atoms with Crippen molar-refractivity contribution in [1.82, 2.24) is 15.0 Å². The molecule has 1 heterocycles. The first-order valence-electron chi connectivity index (χ1n) is 11.4. The average molecular weight is 554 g/mol. The Morgan fingerprint density at radius 2 is 1.74 bits per heavy atom. The van der Waals surface area contributed by atoms with Crippen molar-refractivity contribution in [1.29, 1.82) is 0 Å². The van der Waals surface area contributed by atoms with Crippen molar-refractivity contribution in [3.05, 3.63) is 82.3 Å². The van der Waals surface area contributed by atoms with Crippen LogP contribution in [0.1, 0.15) is 40.8 Å². The fourth-order valence-corrected chi connectivity index (χ4v) is 4.15. The monoisotopic (exact) mass is 553 g/mol. The number of aryl methyl sites for hydroxylation is 1. The van der Waals surface area contributed by atoms with Gasteiger partial charge in [-0.15, -0.1) is 0 Å². The SMILES string of the molecule is COc1ccc(-c2nc(C(F)(F)F)ccc2CNC(=O)C(C)c2ccc(CNS(C)(=O)=O)c(F)c2)cc1C. The Balaban J connectivity index is 1.82. The van der Waals surface area contributed by atoms with Gasteiger partial charge in [0.25, 0.3) is 0 Å². The number of nitrogens with one attached hydrogen (secondary N) is 2. The number of rotatable bonds is 9. The number of pyridine rings is 1. The number of carbonyl (C=O) groups is 1. The topological polar surface area (TPSA) is 97.4 Å². The minimum absolute atomic E-state index is 0.0623. The molecule has 0 aliphatic heterocycles. The summed E-state index contributed by atoms with van der Waals surface area (Å²) in [5.74, 6) is -1.39. The second-order valence-corrected chi connectivity index (χ2v) is 10.6. The summed E-state index contributed by atoms with van der Waals surface area (Å²) in [6.07, 6.45) is -3.70. The summed E-state index contributed by atoms with van der Waals surface area (Å²) in [5.41, 5.74) is 0.938. The summed E-state index contributed by atoms with van der Waals surface area (Å²) in [6.45, 7) is 2.95. The highest BCUT2D eigenvalue weighted by atomic mass is 32.2. The third kappa shape index (κ3) is 7.29. The zero-order valence-corrected chi connectivity index (χ0v) is 21.9. The van der Waals surface area contributed by atoms with Crippen molar-refractivity contribution in [2.75, 3.05) is 13.4 Å². The van der Waals surface area contributed by atoms with Gasteiger partial charge in [0, 0.05) is 24.2 Å². The van der Waals surface area contributed by atoms with E-state index in [1.807, 2.05) is 0 Å². The summed E-state index contributed by atoms with van der Waals surface area (Å²) in [6, 6.07) is 11.0. The van der Waals surface area contributed by atoms with Crippen LogP contribution in [0.5, 0.6) is 5.75 Å². The van der Waals surface area contributed by atoms with E-state index in [1.165, 1.54) is 25.3 Å². The van der Waals surface area contributed by atoms with E-state index in [2.05, 4.69) is 15.0 Å². The molecule has 0 aliphatic carbocycles. The van der Waals surface area contributed by atoms with Gasteiger partial charge in [0.15, 0.2) is 0 Å². The fraction of sp³-hybridized carbons (Fsp3) is 0.308. The predicted molar refractivity (Wildman–Crippen MR) is 134 cm³/mol. The number of hydrogen-bond acceptors (Lipinski definition) is 5. The normalized spacial score (nSPS) is 12.7. The summed E-state index contributed by atoms with van der Waals surface area (Å²) in [7, 11) is -2.02. The van der Waals surface area contributed by atoms with Crippen LogP contribution >= 0.6 is 0 Å². The van der Waals surface area contributed by atoms with Gasteiger partial charge in [0.2, 0.25) is 15.9 Å². The molecule has 7 nitrogen and oxygen atoms in total. The number of ether oxygens (including phenoxy) is 1. The Morgan fingerprint density at radius 1 is 1.05 bits per heavy atom. The number of alkyl halides is 3. The number of sulfonamides is 1. The summed E-state index contributed by atoms with van der Waals surface area (Å²) >= 11 is 0. The minimum Gasteiger partial charge on any atom is -0.496 e. The molecule has 3 rings (SSSR count). The summed E-state index contributed by atoms with van der Waals surface area (Å²) in [4.78, 5) is 16.7. The van der Waals surface area contributed by atoms with Crippen molar-refractivity contribution in [3.63, 3.8) is 0 Å². The molecular formula is C26H27F4N3O4S. The maximum atomic E-state index is 14.5. The first-order valence-corrected chi connectivity index (χ1v) is 13.3. The molecule has 0 fully saturated rings. The lowest BCUT2D eigenvalue weighted by Gasteiger charge is -2.17. The van der Waals surface area contributed by atoms with E-state index in [9.17, 15) is 30.8 Å². The summed E-state index contributed by atoms with van der Waals surface area (Å²) in [5, 5.41) is 2.68. The molecule has 204 valence electrons. The lowest BCUT2D eigenvalue weighted by atomic mass is 9.98. The molecule has 2 aromatic carbocycles. The molecular weight excluding hydrogens is 526 g/mol. The van der Waals surface area contributed by atoms with Crippen molar-refractivity contribution in [2.24, 2.45) is 0 Å². The van der Waals surface area contributed by atoms with Crippen molar-refractivity contribution in [3.8, 4) is 17.0 Å². The average Bonchev–Trinajstić information content (AvgIpc) is 2.84. The van der Waals surface area contributed by atoms with Crippen molar-refractivity contribution in [2.45, 2.75) is 39.0 Å². The Labute approximate surface area is 218 Å². The second-order valence-electron chi connectivity index (χ2n) is 8.77. The standard InChI is InChI=1S/C26H27F4N3O4S/c1-15-11-18(7-9-22(15)37-3)24-20(8-10-23(33-24)26(28,29)30)13-31-25(34)16(2)17-5-6-19(21(27)12-17)14-32-38(4,35)36/h5-12,16,32H,13-14H2,1-4H3,(H,31,34). The van der Waals surface area contributed by atoms with E-state index in [0.29, 0.717) is 28.0 Å². The molecule has 0 spiro atoms. The number of aromatic nitrogens is 1. The minimum atomic E-state index is -4.65. The summed E-state index contributed by atoms with van der Waals surface area (Å²) < 4.78 is 84.5.